The second kappa shape index (κ2) is 9.45. The number of fused-ring (bicyclic) bond motifs is 2. The summed E-state index contributed by atoms with van der Waals surface area (Å²) in [6.45, 7) is 6.93. The van der Waals surface area contributed by atoms with Crippen molar-refractivity contribution in [2.45, 2.75) is 38.7 Å². The van der Waals surface area contributed by atoms with Gasteiger partial charge in [-0.1, -0.05) is 13.8 Å². The number of ketones is 1. The van der Waals surface area contributed by atoms with E-state index in [1.165, 1.54) is 14.2 Å². The normalized spacial score (nSPS) is 24.1. The molecule has 0 unspecified atom stereocenters. The van der Waals surface area contributed by atoms with Crippen LogP contribution in [0.3, 0.4) is 0 Å². The van der Waals surface area contributed by atoms with Crippen LogP contribution >= 0.6 is 0 Å². The van der Waals surface area contributed by atoms with E-state index in [1.807, 2.05) is 25.1 Å². The molecule has 0 aromatic heterocycles. The third kappa shape index (κ3) is 3.72. The molecule has 0 bridgehead atoms. The zero-order valence-corrected chi connectivity index (χ0v) is 20.2. The SMILES string of the molecule is CCO[C@@H]1c2cc(OC)c(OC)c(OC)c2C2(C=C(OC)C(=O)C(OC)=C2)C[C@@H](C)[C@@H]1C. The summed E-state index contributed by atoms with van der Waals surface area (Å²) in [6, 6.07) is 1.96. The highest BCUT2D eigenvalue weighted by Gasteiger charge is 2.48. The summed E-state index contributed by atoms with van der Waals surface area (Å²) >= 11 is 0. The molecule has 0 radical (unpaired) electrons. The molecule has 0 amide bonds. The lowest BCUT2D eigenvalue weighted by molar-refractivity contribution is -0.118. The van der Waals surface area contributed by atoms with Gasteiger partial charge in [0.05, 0.1) is 41.7 Å². The maximum atomic E-state index is 12.8. The van der Waals surface area contributed by atoms with Crippen LogP contribution in [-0.2, 0) is 24.4 Å². The van der Waals surface area contributed by atoms with Gasteiger partial charge in [-0.05, 0) is 49.0 Å². The number of hydrogen-bond donors (Lipinski definition) is 0. The molecule has 0 fully saturated rings. The van der Waals surface area contributed by atoms with Gasteiger partial charge in [0.1, 0.15) is 0 Å². The Hall–Kier alpha value is -2.67. The Kier molecular flexibility index (Phi) is 7.08. The highest BCUT2D eigenvalue weighted by atomic mass is 16.5. The summed E-state index contributed by atoms with van der Waals surface area (Å²) in [6.07, 6.45) is 4.25. The number of benzene rings is 1. The van der Waals surface area contributed by atoms with Gasteiger partial charge < -0.3 is 28.4 Å². The first-order valence-corrected chi connectivity index (χ1v) is 10.9. The topological polar surface area (TPSA) is 72.5 Å². The number of hydrogen-bond acceptors (Lipinski definition) is 7. The van der Waals surface area contributed by atoms with Gasteiger partial charge in [0, 0.05) is 17.6 Å². The second-order valence-corrected chi connectivity index (χ2v) is 8.32. The smallest absolute Gasteiger partial charge is 0.261 e. The number of carbonyl (C=O) groups excluding carboxylic acids is 1. The number of rotatable bonds is 7. The molecule has 32 heavy (non-hydrogen) atoms. The second-order valence-electron chi connectivity index (χ2n) is 8.32. The summed E-state index contributed by atoms with van der Waals surface area (Å²) in [4.78, 5) is 12.8. The zero-order valence-electron chi connectivity index (χ0n) is 20.2. The Balaban J connectivity index is 2.49. The molecule has 1 aromatic carbocycles. The third-order valence-corrected chi connectivity index (χ3v) is 6.68. The van der Waals surface area contributed by atoms with E-state index in [0.29, 0.717) is 30.3 Å². The predicted octanol–water partition coefficient (Wildman–Crippen LogP) is 4.35. The molecule has 3 atom stereocenters. The molecule has 0 saturated carbocycles. The summed E-state index contributed by atoms with van der Waals surface area (Å²) < 4.78 is 34.6. The van der Waals surface area contributed by atoms with E-state index in [-0.39, 0.29) is 35.2 Å². The lowest BCUT2D eigenvalue weighted by Gasteiger charge is -2.35. The van der Waals surface area contributed by atoms with Gasteiger partial charge in [-0.15, -0.1) is 0 Å². The molecule has 2 aliphatic rings. The van der Waals surface area contributed by atoms with Crippen LogP contribution in [0.4, 0.5) is 0 Å². The van der Waals surface area contributed by atoms with Crippen LogP contribution in [0, 0.1) is 11.8 Å². The molecule has 2 aliphatic carbocycles. The summed E-state index contributed by atoms with van der Waals surface area (Å²) in [5.74, 6) is 2.20. The fourth-order valence-corrected chi connectivity index (χ4v) is 5.03. The highest BCUT2D eigenvalue weighted by molar-refractivity contribution is 6.07. The van der Waals surface area contributed by atoms with Gasteiger partial charge in [-0.3, -0.25) is 4.79 Å². The Labute approximate surface area is 190 Å². The van der Waals surface area contributed by atoms with Crippen molar-refractivity contribution in [2.75, 3.05) is 42.2 Å². The lowest BCUT2D eigenvalue weighted by Crippen LogP contribution is -2.32. The molecule has 0 heterocycles. The van der Waals surface area contributed by atoms with E-state index in [9.17, 15) is 4.79 Å². The van der Waals surface area contributed by atoms with Crippen LogP contribution in [0.5, 0.6) is 17.2 Å². The molecule has 3 rings (SSSR count). The maximum absolute atomic E-state index is 12.8. The van der Waals surface area contributed by atoms with Gasteiger partial charge in [-0.25, -0.2) is 0 Å². The monoisotopic (exact) mass is 446 g/mol. The fourth-order valence-electron chi connectivity index (χ4n) is 5.03. The molecule has 0 aliphatic heterocycles. The largest absolute Gasteiger partial charge is 0.493 e. The Bertz CT molecular complexity index is 907. The van der Waals surface area contributed by atoms with Crippen molar-refractivity contribution in [3.63, 3.8) is 0 Å². The van der Waals surface area contributed by atoms with E-state index in [0.717, 1.165) is 11.1 Å². The minimum Gasteiger partial charge on any atom is -0.493 e. The van der Waals surface area contributed by atoms with Gasteiger partial charge >= 0.3 is 0 Å². The number of ether oxygens (including phenoxy) is 6. The summed E-state index contributed by atoms with van der Waals surface area (Å²) in [5.41, 5.74) is 1.07. The van der Waals surface area contributed by atoms with Crippen molar-refractivity contribution in [2.24, 2.45) is 11.8 Å². The van der Waals surface area contributed by atoms with Crippen LogP contribution < -0.4 is 14.2 Å². The van der Waals surface area contributed by atoms with E-state index in [4.69, 9.17) is 28.4 Å². The molecular formula is C25H34O7. The molecule has 1 spiro atoms. The molecule has 7 nitrogen and oxygen atoms in total. The molecule has 7 heteroatoms. The Morgan fingerprint density at radius 1 is 0.906 bits per heavy atom. The highest BCUT2D eigenvalue weighted by Crippen LogP contribution is 2.57. The van der Waals surface area contributed by atoms with E-state index >= 15 is 0 Å². The molecule has 1 aromatic rings. The number of carbonyl (C=O) groups is 1. The lowest BCUT2D eigenvalue weighted by atomic mass is 9.70. The zero-order chi connectivity index (χ0) is 23.6. The van der Waals surface area contributed by atoms with Gasteiger partial charge in [0.15, 0.2) is 23.0 Å². The van der Waals surface area contributed by atoms with E-state index < -0.39 is 5.41 Å². The molecule has 0 saturated heterocycles. The average molecular weight is 447 g/mol. The maximum Gasteiger partial charge on any atom is 0.261 e. The van der Waals surface area contributed by atoms with Crippen molar-refractivity contribution in [3.8, 4) is 17.2 Å². The first-order chi connectivity index (χ1) is 15.3. The van der Waals surface area contributed by atoms with Crippen molar-refractivity contribution in [1.82, 2.24) is 0 Å². The van der Waals surface area contributed by atoms with Crippen molar-refractivity contribution in [1.29, 1.82) is 0 Å². The molecular weight excluding hydrogens is 412 g/mol. The van der Waals surface area contributed by atoms with E-state index in [2.05, 4.69) is 13.8 Å². The minimum atomic E-state index is -0.732. The first kappa shape index (κ1) is 24.0. The van der Waals surface area contributed by atoms with Gasteiger partial charge in [0.2, 0.25) is 5.75 Å². The number of Topliss-reactive ketones (excluding diaryl/α,β-unsaturated/α-hetero) is 1. The van der Waals surface area contributed by atoms with Crippen LogP contribution in [0.1, 0.15) is 44.4 Å². The van der Waals surface area contributed by atoms with Crippen molar-refractivity contribution in [3.05, 3.63) is 40.9 Å². The first-order valence-electron chi connectivity index (χ1n) is 10.9. The minimum absolute atomic E-state index is 0.187. The van der Waals surface area contributed by atoms with Crippen LogP contribution in [0.2, 0.25) is 0 Å². The molecule has 176 valence electrons. The van der Waals surface area contributed by atoms with Crippen LogP contribution in [0.25, 0.3) is 0 Å². The van der Waals surface area contributed by atoms with Crippen LogP contribution in [0.15, 0.2) is 29.7 Å². The number of allylic oxidation sites excluding steroid dienone is 2. The summed E-state index contributed by atoms with van der Waals surface area (Å²) in [5, 5.41) is 0. The van der Waals surface area contributed by atoms with Crippen molar-refractivity contribution < 1.29 is 33.2 Å². The Morgan fingerprint density at radius 2 is 1.50 bits per heavy atom. The standard InChI is InChI=1S/C25H34O7/c1-9-32-22-15(3)14(2)11-25(12-18(28-5)21(26)19(13-25)29-6)20-16(22)10-17(27-4)23(30-7)24(20)31-8/h10,12-15,22H,9,11H2,1-8H3/t14-,15+,22+/m1/s1. The van der Waals surface area contributed by atoms with E-state index in [1.54, 1.807) is 21.3 Å². The summed E-state index contributed by atoms with van der Waals surface area (Å²) in [7, 11) is 7.78. The third-order valence-electron chi connectivity index (χ3n) is 6.68. The van der Waals surface area contributed by atoms with Gasteiger partial charge in [0.25, 0.3) is 5.78 Å². The quantitative estimate of drug-likeness (QED) is 0.617. The molecule has 0 N–H and O–H groups in total. The Morgan fingerprint density at radius 3 is 1.97 bits per heavy atom. The number of methoxy groups -OCH3 is 5. The van der Waals surface area contributed by atoms with Crippen LogP contribution in [-0.4, -0.2) is 47.9 Å². The fraction of sp³-hybridized carbons (Fsp3) is 0.560. The average Bonchev–Trinajstić information content (AvgIpc) is 2.88. The van der Waals surface area contributed by atoms with Gasteiger partial charge in [-0.2, -0.15) is 0 Å². The predicted molar refractivity (Wildman–Crippen MR) is 120 cm³/mol. The van der Waals surface area contributed by atoms with Crippen molar-refractivity contribution >= 4 is 5.78 Å².